The maximum absolute atomic E-state index is 11.9. The molecular formula is C11H11NO3. The van der Waals surface area contributed by atoms with Gasteiger partial charge in [-0.1, -0.05) is 19.9 Å². The van der Waals surface area contributed by atoms with Crippen LogP contribution in [0.5, 0.6) is 0 Å². The molecule has 0 fully saturated rings. The van der Waals surface area contributed by atoms with E-state index < -0.39 is 10.3 Å². The van der Waals surface area contributed by atoms with Crippen LogP contribution in [0.2, 0.25) is 0 Å². The minimum Gasteiger partial charge on any atom is -0.294 e. The fourth-order valence-electron chi connectivity index (χ4n) is 1.96. The molecule has 1 aromatic rings. The first-order chi connectivity index (χ1) is 6.92. The van der Waals surface area contributed by atoms with Crippen LogP contribution < -0.4 is 0 Å². The first-order valence-electron chi connectivity index (χ1n) is 4.74. The molecule has 2 rings (SSSR count). The summed E-state index contributed by atoms with van der Waals surface area (Å²) in [6.07, 6.45) is 0.666. The Balaban J connectivity index is 2.54. The Morgan fingerprint density at radius 3 is 2.67 bits per heavy atom. The van der Waals surface area contributed by atoms with Crippen LogP contribution in [-0.4, -0.2) is 10.7 Å². The van der Waals surface area contributed by atoms with Gasteiger partial charge in [-0.25, -0.2) is 0 Å². The first-order valence-corrected chi connectivity index (χ1v) is 4.74. The summed E-state index contributed by atoms with van der Waals surface area (Å²) < 4.78 is 0. The average Bonchev–Trinajstić information content (AvgIpc) is 2.37. The second-order valence-corrected chi connectivity index (χ2v) is 4.49. The largest absolute Gasteiger partial charge is 0.294 e. The van der Waals surface area contributed by atoms with E-state index >= 15 is 0 Å². The van der Waals surface area contributed by atoms with Crippen molar-refractivity contribution in [2.75, 3.05) is 0 Å². The molecule has 0 radical (unpaired) electrons. The Labute approximate surface area is 87.1 Å². The van der Waals surface area contributed by atoms with Gasteiger partial charge >= 0.3 is 0 Å². The van der Waals surface area contributed by atoms with E-state index in [1.54, 1.807) is 6.07 Å². The van der Waals surface area contributed by atoms with Gasteiger partial charge in [-0.05, 0) is 12.0 Å². The summed E-state index contributed by atoms with van der Waals surface area (Å²) in [4.78, 5) is 22.0. The van der Waals surface area contributed by atoms with Crippen LogP contribution in [0.25, 0.3) is 0 Å². The van der Waals surface area contributed by atoms with Crippen molar-refractivity contribution in [2.24, 2.45) is 5.41 Å². The molecule has 1 aromatic carbocycles. The molecule has 0 aromatic heterocycles. The fraction of sp³-hybridized carbons (Fsp3) is 0.364. The molecule has 0 atom stereocenters. The summed E-state index contributed by atoms with van der Waals surface area (Å²) in [5, 5.41) is 10.6. The van der Waals surface area contributed by atoms with Crippen LogP contribution in [0, 0.1) is 15.5 Å². The van der Waals surface area contributed by atoms with E-state index in [1.165, 1.54) is 12.1 Å². The highest BCUT2D eigenvalue weighted by Gasteiger charge is 2.38. The number of benzene rings is 1. The Kier molecular flexibility index (Phi) is 1.89. The fourth-order valence-corrected chi connectivity index (χ4v) is 1.96. The van der Waals surface area contributed by atoms with Crippen molar-refractivity contribution in [3.8, 4) is 0 Å². The van der Waals surface area contributed by atoms with Crippen molar-refractivity contribution in [1.82, 2.24) is 0 Å². The summed E-state index contributed by atoms with van der Waals surface area (Å²) >= 11 is 0. The smallest absolute Gasteiger partial charge is 0.270 e. The number of Topliss-reactive ketones (excluding diaryl/α,β-unsaturated/α-hetero) is 1. The van der Waals surface area contributed by atoms with E-state index in [1.807, 2.05) is 13.8 Å². The topological polar surface area (TPSA) is 60.2 Å². The molecule has 0 amide bonds. The van der Waals surface area contributed by atoms with E-state index in [0.717, 1.165) is 5.56 Å². The van der Waals surface area contributed by atoms with E-state index in [-0.39, 0.29) is 11.5 Å². The van der Waals surface area contributed by atoms with Crippen molar-refractivity contribution >= 4 is 11.5 Å². The number of nitrogens with zero attached hydrogens (tertiary/aromatic N) is 1. The predicted octanol–water partition coefficient (Wildman–Crippen LogP) is 2.36. The summed E-state index contributed by atoms with van der Waals surface area (Å²) in [6, 6.07) is 4.51. The molecular weight excluding hydrogens is 194 g/mol. The lowest BCUT2D eigenvalue weighted by Gasteiger charge is -2.12. The number of fused-ring (bicyclic) bond motifs is 1. The van der Waals surface area contributed by atoms with Gasteiger partial charge in [0.2, 0.25) is 0 Å². The SMILES string of the molecule is CC1(C)Cc2ccc([N+](=O)[O-])cc2C1=O. The molecule has 0 aliphatic heterocycles. The molecule has 1 aliphatic rings. The lowest BCUT2D eigenvalue weighted by atomic mass is 9.89. The van der Waals surface area contributed by atoms with Crippen LogP contribution in [0.1, 0.15) is 29.8 Å². The zero-order valence-corrected chi connectivity index (χ0v) is 8.61. The number of ketones is 1. The van der Waals surface area contributed by atoms with Gasteiger partial charge in [0, 0.05) is 23.1 Å². The third kappa shape index (κ3) is 1.42. The number of hydrogen-bond acceptors (Lipinski definition) is 3. The van der Waals surface area contributed by atoms with Crippen LogP contribution in [0.3, 0.4) is 0 Å². The lowest BCUT2D eigenvalue weighted by Crippen LogP contribution is -2.18. The number of carbonyl (C=O) groups is 1. The number of nitro benzene ring substituents is 1. The van der Waals surface area contributed by atoms with Crippen LogP contribution in [-0.2, 0) is 6.42 Å². The van der Waals surface area contributed by atoms with Gasteiger partial charge in [0.1, 0.15) is 0 Å². The predicted molar refractivity (Wildman–Crippen MR) is 54.9 cm³/mol. The Bertz CT molecular complexity index is 463. The van der Waals surface area contributed by atoms with Gasteiger partial charge in [0.25, 0.3) is 5.69 Å². The average molecular weight is 205 g/mol. The van der Waals surface area contributed by atoms with Gasteiger partial charge in [-0.15, -0.1) is 0 Å². The van der Waals surface area contributed by atoms with Crippen LogP contribution in [0.15, 0.2) is 18.2 Å². The third-order valence-electron chi connectivity index (χ3n) is 2.80. The monoisotopic (exact) mass is 205 g/mol. The molecule has 0 heterocycles. The van der Waals surface area contributed by atoms with Gasteiger partial charge in [0.05, 0.1) is 4.92 Å². The zero-order valence-electron chi connectivity index (χ0n) is 8.61. The minimum absolute atomic E-state index is 0.00111. The van der Waals surface area contributed by atoms with E-state index in [0.29, 0.717) is 12.0 Å². The van der Waals surface area contributed by atoms with Crippen molar-refractivity contribution in [3.05, 3.63) is 39.4 Å². The molecule has 0 N–H and O–H groups in total. The highest BCUT2D eigenvalue weighted by atomic mass is 16.6. The zero-order chi connectivity index (χ0) is 11.2. The molecule has 1 aliphatic carbocycles. The minimum atomic E-state index is -0.473. The maximum Gasteiger partial charge on any atom is 0.270 e. The van der Waals surface area contributed by atoms with Crippen molar-refractivity contribution in [3.63, 3.8) is 0 Å². The standard InChI is InChI=1S/C11H11NO3/c1-11(2)6-7-3-4-8(12(14)15)5-9(7)10(11)13/h3-5H,6H2,1-2H3. The molecule has 0 bridgehead atoms. The van der Waals surface area contributed by atoms with Crippen LogP contribution >= 0.6 is 0 Å². The molecule has 0 spiro atoms. The summed E-state index contributed by atoms with van der Waals surface area (Å²) in [7, 11) is 0. The second kappa shape index (κ2) is 2.89. The molecule has 78 valence electrons. The Morgan fingerprint density at radius 1 is 1.40 bits per heavy atom. The molecule has 4 heteroatoms. The second-order valence-electron chi connectivity index (χ2n) is 4.49. The lowest BCUT2D eigenvalue weighted by molar-refractivity contribution is -0.384. The number of carbonyl (C=O) groups excluding carboxylic acids is 1. The molecule has 4 nitrogen and oxygen atoms in total. The van der Waals surface area contributed by atoms with Gasteiger partial charge in [0.15, 0.2) is 5.78 Å². The van der Waals surface area contributed by atoms with Crippen molar-refractivity contribution in [2.45, 2.75) is 20.3 Å². The molecule has 0 unspecified atom stereocenters. The van der Waals surface area contributed by atoms with Gasteiger partial charge < -0.3 is 0 Å². The van der Waals surface area contributed by atoms with Crippen molar-refractivity contribution in [1.29, 1.82) is 0 Å². The normalized spacial score (nSPS) is 17.6. The number of nitro groups is 1. The quantitative estimate of drug-likeness (QED) is 0.522. The molecule has 15 heavy (non-hydrogen) atoms. The van der Waals surface area contributed by atoms with E-state index in [9.17, 15) is 14.9 Å². The maximum atomic E-state index is 11.9. The number of non-ortho nitro benzene ring substituents is 1. The first kappa shape index (κ1) is 9.83. The summed E-state index contributed by atoms with van der Waals surface area (Å²) in [5.74, 6) is 0.00111. The summed E-state index contributed by atoms with van der Waals surface area (Å²) in [5.41, 5.74) is 0.988. The molecule has 0 saturated heterocycles. The Hall–Kier alpha value is -1.71. The van der Waals surface area contributed by atoms with Crippen LogP contribution in [0.4, 0.5) is 5.69 Å². The number of rotatable bonds is 1. The van der Waals surface area contributed by atoms with Gasteiger partial charge in [-0.2, -0.15) is 0 Å². The van der Waals surface area contributed by atoms with E-state index in [2.05, 4.69) is 0 Å². The van der Waals surface area contributed by atoms with Crippen molar-refractivity contribution < 1.29 is 9.72 Å². The number of hydrogen-bond donors (Lipinski definition) is 0. The molecule has 0 saturated carbocycles. The van der Waals surface area contributed by atoms with Gasteiger partial charge in [-0.3, -0.25) is 14.9 Å². The highest BCUT2D eigenvalue weighted by Crippen LogP contribution is 2.37. The highest BCUT2D eigenvalue weighted by molar-refractivity contribution is 6.04. The Morgan fingerprint density at radius 2 is 2.07 bits per heavy atom. The van der Waals surface area contributed by atoms with E-state index in [4.69, 9.17) is 0 Å². The third-order valence-corrected chi connectivity index (χ3v) is 2.80. The summed E-state index contributed by atoms with van der Waals surface area (Å²) in [6.45, 7) is 3.72.